The summed E-state index contributed by atoms with van der Waals surface area (Å²) in [6.45, 7) is 5.02. The molecule has 1 aliphatic rings. The Hall–Kier alpha value is -1.65. The van der Waals surface area contributed by atoms with Crippen molar-refractivity contribution in [3.8, 4) is 0 Å². The van der Waals surface area contributed by atoms with Crippen molar-refractivity contribution in [2.45, 2.75) is 25.7 Å². The molecule has 1 aromatic carbocycles. The Morgan fingerprint density at radius 3 is 2.57 bits per heavy atom. The van der Waals surface area contributed by atoms with Crippen LogP contribution >= 0.6 is 0 Å². The van der Waals surface area contributed by atoms with Gasteiger partial charge in [0.25, 0.3) is 5.56 Å². The van der Waals surface area contributed by atoms with Gasteiger partial charge in [-0.05, 0) is 55.8 Å². The van der Waals surface area contributed by atoms with Crippen LogP contribution in [0, 0.1) is 6.92 Å². The van der Waals surface area contributed by atoms with Gasteiger partial charge in [-0.3, -0.25) is 4.79 Å². The molecular formula is C17H22N2O2. The number of β-amino-alcohol motifs (C(OH)–C–C–N with tert-alkyl or cyclic N) is 1. The van der Waals surface area contributed by atoms with E-state index in [2.05, 4.69) is 16.0 Å². The van der Waals surface area contributed by atoms with Crippen LogP contribution in [0.2, 0.25) is 0 Å². The summed E-state index contributed by atoms with van der Waals surface area (Å²) in [5.41, 5.74) is 2.30. The normalized spacial score (nSPS) is 17.4. The standard InChI is InChI=1S/C17H22N2O2/c1-12-16(13-6-8-19(9-7-13)10-11-20)14-4-2-3-5-15(14)17(21)18-12/h2-5,13,20H,6-11H2,1H3,(H,18,21). The second-order valence-electron chi connectivity index (χ2n) is 5.88. The molecule has 0 unspecified atom stereocenters. The van der Waals surface area contributed by atoms with Gasteiger partial charge < -0.3 is 15.0 Å². The first-order valence-corrected chi connectivity index (χ1v) is 7.65. The smallest absolute Gasteiger partial charge is 0.256 e. The zero-order valence-corrected chi connectivity index (χ0v) is 12.4. The van der Waals surface area contributed by atoms with E-state index in [1.807, 2.05) is 25.1 Å². The SMILES string of the molecule is Cc1[nH]c(=O)c2ccccc2c1C1CCN(CCO)CC1. The number of aromatic nitrogens is 1. The average Bonchev–Trinajstić information content (AvgIpc) is 2.49. The summed E-state index contributed by atoms with van der Waals surface area (Å²) in [5, 5.41) is 10.9. The average molecular weight is 286 g/mol. The fraction of sp³-hybridized carbons (Fsp3) is 0.471. The molecule has 1 saturated heterocycles. The van der Waals surface area contributed by atoms with Gasteiger partial charge in [0.1, 0.15) is 0 Å². The van der Waals surface area contributed by atoms with Gasteiger partial charge >= 0.3 is 0 Å². The van der Waals surface area contributed by atoms with Crippen molar-refractivity contribution in [2.75, 3.05) is 26.2 Å². The predicted octanol–water partition coefficient (Wildman–Crippen LogP) is 2.01. The Balaban J connectivity index is 1.96. The van der Waals surface area contributed by atoms with Crippen LogP contribution in [0.4, 0.5) is 0 Å². The number of aliphatic hydroxyl groups is 1. The van der Waals surface area contributed by atoms with Crippen molar-refractivity contribution in [3.63, 3.8) is 0 Å². The van der Waals surface area contributed by atoms with Crippen LogP contribution < -0.4 is 5.56 Å². The third kappa shape index (κ3) is 2.74. The van der Waals surface area contributed by atoms with Gasteiger partial charge in [0.05, 0.1) is 6.61 Å². The van der Waals surface area contributed by atoms with E-state index in [9.17, 15) is 4.79 Å². The highest BCUT2D eigenvalue weighted by atomic mass is 16.3. The van der Waals surface area contributed by atoms with Crippen LogP contribution in [-0.2, 0) is 0 Å². The predicted molar refractivity (Wildman–Crippen MR) is 84.8 cm³/mol. The lowest BCUT2D eigenvalue weighted by Crippen LogP contribution is -2.35. The molecule has 0 bridgehead atoms. The van der Waals surface area contributed by atoms with E-state index < -0.39 is 0 Å². The quantitative estimate of drug-likeness (QED) is 0.907. The minimum absolute atomic E-state index is 0.00423. The molecule has 0 spiro atoms. The number of pyridine rings is 1. The molecule has 0 radical (unpaired) electrons. The lowest BCUT2D eigenvalue weighted by Gasteiger charge is -2.32. The van der Waals surface area contributed by atoms with E-state index in [1.165, 1.54) is 5.56 Å². The highest BCUT2D eigenvalue weighted by molar-refractivity contribution is 5.85. The van der Waals surface area contributed by atoms with Crippen molar-refractivity contribution in [2.24, 2.45) is 0 Å². The Bertz CT molecular complexity index is 685. The molecule has 0 atom stereocenters. The van der Waals surface area contributed by atoms with Crippen LogP contribution in [0.25, 0.3) is 10.8 Å². The van der Waals surface area contributed by atoms with Crippen LogP contribution in [0.15, 0.2) is 29.1 Å². The number of hydrogen-bond acceptors (Lipinski definition) is 3. The molecule has 1 fully saturated rings. The molecule has 1 aliphatic heterocycles. The number of benzene rings is 1. The maximum Gasteiger partial charge on any atom is 0.256 e. The van der Waals surface area contributed by atoms with E-state index in [0.29, 0.717) is 5.92 Å². The summed E-state index contributed by atoms with van der Waals surface area (Å²) >= 11 is 0. The molecule has 0 saturated carbocycles. The summed E-state index contributed by atoms with van der Waals surface area (Å²) in [6, 6.07) is 7.89. The number of H-pyrrole nitrogens is 1. The number of fused-ring (bicyclic) bond motifs is 1. The topological polar surface area (TPSA) is 56.3 Å². The Morgan fingerprint density at radius 2 is 1.90 bits per heavy atom. The van der Waals surface area contributed by atoms with Gasteiger partial charge in [-0.15, -0.1) is 0 Å². The van der Waals surface area contributed by atoms with Gasteiger partial charge in [0.2, 0.25) is 0 Å². The molecule has 0 amide bonds. The summed E-state index contributed by atoms with van der Waals surface area (Å²) in [6.07, 6.45) is 2.16. The van der Waals surface area contributed by atoms with E-state index in [4.69, 9.17) is 5.11 Å². The van der Waals surface area contributed by atoms with Crippen LogP contribution in [0.5, 0.6) is 0 Å². The number of aliphatic hydroxyl groups excluding tert-OH is 1. The molecule has 4 heteroatoms. The number of nitrogens with zero attached hydrogens (tertiary/aromatic N) is 1. The zero-order valence-electron chi connectivity index (χ0n) is 12.4. The van der Waals surface area contributed by atoms with Gasteiger partial charge in [-0.2, -0.15) is 0 Å². The van der Waals surface area contributed by atoms with Crippen molar-refractivity contribution in [3.05, 3.63) is 45.9 Å². The van der Waals surface area contributed by atoms with Crippen molar-refractivity contribution in [1.82, 2.24) is 9.88 Å². The largest absolute Gasteiger partial charge is 0.395 e. The molecule has 2 heterocycles. The summed E-state index contributed by atoms with van der Waals surface area (Å²) in [5.74, 6) is 0.488. The van der Waals surface area contributed by atoms with E-state index in [1.54, 1.807) is 0 Å². The van der Waals surface area contributed by atoms with E-state index in [-0.39, 0.29) is 12.2 Å². The monoisotopic (exact) mass is 286 g/mol. The molecule has 112 valence electrons. The highest BCUT2D eigenvalue weighted by Crippen LogP contribution is 2.33. The van der Waals surface area contributed by atoms with Crippen molar-refractivity contribution in [1.29, 1.82) is 0 Å². The number of likely N-dealkylation sites (tertiary alicyclic amines) is 1. The minimum Gasteiger partial charge on any atom is -0.395 e. The zero-order chi connectivity index (χ0) is 14.8. The third-order valence-corrected chi connectivity index (χ3v) is 4.58. The number of aromatic amines is 1. The lowest BCUT2D eigenvalue weighted by atomic mass is 9.85. The Morgan fingerprint density at radius 1 is 1.24 bits per heavy atom. The second-order valence-corrected chi connectivity index (χ2v) is 5.88. The lowest BCUT2D eigenvalue weighted by molar-refractivity contribution is 0.164. The first-order chi connectivity index (χ1) is 10.2. The number of piperidine rings is 1. The fourth-order valence-electron chi connectivity index (χ4n) is 3.54. The molecule has 2 N–H and O–H groups in total. The molecular weight excluding hydrogens is 264 g/mol. The van der Waals surface area contributed by atoms with Crippen molar-refractivity contribution < 1.29 is 5.11 Å². The second kappa shape index (κ2) is 6.00. The first kappa shape index (κ1) is 14.3. The number of aryl methyl sites for hydroxylation is 1. The molecule has 3 rings (SSSR count). The van der Waals surface area contributed by atoms with Gasteiger partial charge in [-0.25, -0.2) is 0 Å². The molecule has 21 heavy (non-hydrogen) atoms. The van der Waals surface area contributed by atoms with E-state index >= 15 is 0 Å². The minimum atomic E-state index is 0.00423. The molecule has 4 nitrogen and oxygen atoms in total. The molecule has 1 aromatic heterocycles. The van der Waals surface area contributed by atoms with Gasteiger partial charge in [0.15, 0.2) is 0 Å². The van der Waals surface area contributed by atoms with Crippen LogP contribution in [0.1, 0.15) is 30.0 Å². The summed E-state index contributed by atoms with van der Waals surface area (Å²) in [4.78, 5) is 17.4. The number of hydrogen-bond donors (Lipinski definition) is 2. The number of nitrogens with one attached hydrogen (secondary N) is 1. The third-order valence-electron chi connectivity index (χ3n) is 4.58. The molecule has 0 aliphatic carbocycles. The van der Waals surface area contributed by atoms with Gasteiger partial charge in [-0.1, -0.05) is 18.2 Å². The maximum atomic E-state index is 12.1. The summed E-state index contributed by atoms with van der Waals surface area (Å²) in [7, 11) is 0. The molecule has 2 aromatic rings. The Kier molecular flexibility index (Phi) is 4.08. The van der Waals surface area contributed by atoms with Crippen molar-refractivity contribution >= 4 is 10.8 Å². The summed E-state index contributed by atoms with van der Waals surface area (Å²) < 4.78 is 0. The number of rotatable bonds is 3. The van der Waals surface area contributed by atoms with Crippen LogP contribution in [-0.4, -0.2) is 41.2 Å². The van der Waals surface area contributed by atoms with E-state index in [0.717, 1.165) is 48.9 Å². The fourth-order valence-corrected chi connectivity index (χ4v) is 3.54. The van der Waals surface area contributed by atoms with Gasteiger partial charge in [0, 0.05) is 17.6 Å². The Labute approximate surface area is 124 Å². The maximum absolute atomic E-state index is 12.1. The highest BCUT2D eigenvalue weighted by Gasteiger charge is 2.23. The first-order valence-electron chi connectivity index (χ1n) is 7.65. The van der Waals surface area contributed by atoms with Crippen LogP contribution in [0.3, 0.4) is 0 Å².